The fourth-order valence-corrected chi connectivity index (χ4v) is 2.49. The van der Waals surface area contributed by atoms with Gasteiger partial charge in [-0.25, -0.2) is 4.79 Å². The highest BCUT2D eigenvalue weighted by atomic mass is 16.6. The molecular formula is C18H26NO2. The second kappa shape index (κ2) is 6.61. The van der Waals surface area contributed by atoms with Crippen molar-refractivity contribution in [1.29, 1.82) is 0 Å². The van der Waals surface area contributed by atoms with Gasteiger partial charge in [0.15, 0.2) is 0 Å². The molecule has 21 heavy (non-hydrogen) atoms. The Kier molecular flexibility index (Phi) is 5.04. The van der Waals surface area contributed by atoms with E-state index in [2.05, 4.69) is 11.8 Å². The second-order valence-corrected chi connectivity index (χ2v) is 6.92. The Balaban J connectivity index is 1.91. The minimum absolute atomic E-state index is 0.257. The molecule has 0 atom stereocenters. The van der Waals surface area contributed by atoms with Crippen LogP contribution in [-0.4, -0.2) is 29.6 Å². The Morgan fingerprint density at radius 2 is 1.81 bits per heavy atom. The van der Waals surface area contributed by atoms with Crippen molar-refractivity contribution in [1.82, 2.24) is 4.90 Å². The van der Waals surface area contributed by atoms with E-state index in [1.807, 2.05) is 45.0 Å². The number of carbonyl (C=O) groups excluding carboxylic acids is 1. The van der Waals surface area contributed by atoms with Crippen LogP contribution in [0.4, 0.5) is 0 Å². The van der Waals surface area contributed by atoms with Gasteiger partial charge in [-0.05, 0) is 70.3 Å². The summed E-state index contributed by atoms with van der Waals surface area (Å²) in [4.78, 5) is 14.4. The van der Waals surface area contributed by atoms with Crippen molar-refractivity contribution in [2.75, 3.05) is 13.1 Å². The average molecular weight is 288 g/mol. The van der Waals surface area contributed by atoms with Gasteiger partial charge in [0.25, 0.3) is 0 Å². The van der Waals surface area contributed by atoms with Crippen LogP contribution >= 0.6 is 0 Å². The van der Waals surface area contributed by atoms with Crippen LogP contribution in [0.3, 0.4) is 0 Å². The Hall–Kier alpha value is -1.35. The van der Waals surface area contributed by atoms with Crippen molar-refractivity contribution in [2.45, 2.75) is 45.8 Å². The monoisotopic (exact) mass is 288 g/mol. The van der Waals surface area contributed by atoms with E-state index in [1.165, 1.54) is 18.4 Å². The molecule has 2 rings (SSSR count). The molecule has 1 radical (unpaired) electrons. The van der Waals surface area contributed by atoms with Crippen molar-refractivity contribution >= 4 is 5.97 Å². The lowest BCUT2D eigenvalue weighted by molar-refractivity contribution is 0.00695. The standard InChI is InChI=1S/C18H26NO2/c1-14-9-11-19(12-10-14)13-15-5-7-16(8-6-15)17(20)21-18(2,3)4/h5-8,14H,1,9-13H2,2-4H3. The number of nitrogens with zero attached hydrogens (tertiary/aromatic N) is 1. The van der Waals surface area contributed by atoms with Crippen LogP contribution in [-0.2, 0) is 11.3 Å². The lowest BCUT2D eigenvalue weighted by Gasteiger charge is -2.30. The molecule has 0 amide bonds. The molecule has 0 spiro atoms. The summed E-state index contributed by atoms with van der Waals surface area (Å²) in [5.41, 5.74) is 1.41. The zero-order chi connectivity index (χ0) is 15.5. The maximum atomic E-state index is 12.0. The maximum absolute atomic E-state index is 12.0. The van der Waals surface area contributed by atoms with Gasteiger partial charge >= 0.3 is 5.97 Å². The average Bonchev–Trinajstić information content (AvgIpc) is 2.40. The third kappa shape index (κ3) is 5.16. The molecule has 1 aliphatic rings. The van der Waals surface area contributed by atoms with Crippen LogP contribution in [0.25, 0.3) is 0 Å². The molecule has 1 heterocycles. The Labute approximate surface area is 128 Å². The smallest absolute Gasteiger partial charge is 0.338 e. The molecule has 1 aromatic carbocycles. The molecule has 0 N–H and O–H groups in total. The highest BCUT2D eigenvalue weighted by Gasteiger charge is 2.18. The van der Waals surface area contributed by atoms with Crippen LogP contribution in [0.1, 0.15) is 49.5 Å². The van der Waals surface area contributed by atoms with Gasteiger partial charge in [-0.3, -0.25) is 4.90 Å². The molecule has 0 aliphatic carbocycles. The van der Waals surface area contributed by atoms with Gasteiger partial charge in [0.05, 0.1) is 5.56 Å². The van der Waals surface area contributed by atoms with E-state index in [0.29, 0.717) is 11.5 Å². The first kappa shape index (κ1) is 16.0. The number of rotatable bonds is 3. The van der Waals surface area contributed by atoms with Crippen molar-refractivity contribution < 1.29 is 9.53 Å². The Bertz CT molecular complexity index is 465. The van der Waals surface area contributed by atoms with Gasteiger partial charge in [0.1, 0.15) is 5.60 Å². The van der Waals surface area contributed by atoms with Crippen LogP contribution in [0.5, 0.6) is 0 Å². The number of ether oxygens (including phenoxy) is 1. The Morgan fingerprint density at radius 3 is 2.33 bits per heavy atom. The topological polar surface area (TPSA) is 29.5 Å². The molecule has 0 saturated carbocycles. The van der Waals surface area contributed by atoms with E-state index in [9.17, 15) is 4.79 Å². The number of piperidine rings is 1. The largest absolute Gasteiger partial charge is 0.456 e. The zero-order valence-electron chi connectivity index (χ0n) is 13.4. The lowest BCUT2D eigenvalue weighted by Crippen LogP contribution is -2.32. The summed E-state index contributed by atoms with van der Waals surface area (Å²) in [6.07, 6.45) is 2.35. The minimum Gasteiger partial charge on any atom is -0.456 e. The molecule has 0 unspecified atom stereocenters. The molecule has 0 bridgehead atoms. The number of likely N-dealkylation sites (tertiary alicyclic amines) is 1. The maximum Gasteiger partial charge on any atom is 0.338 e. The molecule has 1 aliphatic heterocycles. The summed E-state index contributed by atoms with van der Waals surface area (Å²) >= 11 is 0. The van der Waals surface area contributed by atoms with Crippen LogP contribution < -0.4 is 0 Å². The minimum atomic E-state index is -0.450. The normalized spacial score (nSPS) is 17.7. The van der Waals surface area contributed by atoms with Crippen LogP contribution in [0.15, 0.2) is 24.3 Å². The number of hydrogen-bond acceptors (Lipinski definition) is 3. The number of benzene rings is 1. The summed E-state index contributed by atoms with van der Waals surface area (Å²) in [5, 5.41) is 0. The van der Waals surface area contributed by atoms with E-state index in [1.54, 1.807) is 0 Å². The van der Waals surface area contributed by atoms with Crippen LogP contribution in [0.2, 0.25) is 0 Å². The summed E-state index contributed by atoms with van der Waals surface area (Å²) in [6, 6.07) is 7.76. The fraction of sp³-hybridized carbons (Fsp3) is 0.556. The predicted octanol–water partition coefficient (Wildman–Crippen LogP) is 3.69. The van der Waals surface area contributed by atoms with E-state index < -0.39 is 5.60 Å². The predicted molar refractivity (Wildman–Crippen MR) is 85.0 cm³/mol. The SMILES string of the molecule is [CH2]C1CCN(Cc2ccc(C(=O)OC(C)(C)C)cc2)CC1. The van der Waals surface area contributed by atoms with E-state index in [0.717, 1.165) is 19.6 Å². The van der Waals surface area contributed by atoms with E-state index in [-0.39, 0.29) is 5.97 Å². The van der Waals surface area contributed by atoms with Gasteiger partial charge in [-0.2, -0.15) is 0 Å². The third-order valence-corrected chi connectivity index (χ3v) is 3.70. The molecule has 3 heteroatoms. The number of carbonyl (C=O) groups is 1. The van der Waals surface area contributed by atoms with Gasteiger partial charge in [-0.15, -0.1) is 0 Å². The third-order valence-electron chi connectivity index (χ3n) is 3.70. The fourth-order valence-electron chi connectivity index (χ4n) is 2.49. The number of esters is 1. The summed E-state index contributed by atoms with van der Waals surface area (Å²) in [6.45, 7) is 12.9. The van der Waals surface area contributed by atoms with Gasteiger partial charge in [-0.1, -0.05) is 19.1 Å². The summed E-state index contributed by atoms with van der Waals surface area (Å²) < 4.78 is 5.37. The highest BCUT2D eigenvalue weighted by molar-refractivity contribution is 5.89. The second-order valence-electron chi connectivity index (χ2n) is 6.92. The van der Waals surface area contributed by atoms with Crippen molar-refractivity contribution in [3.63, 3.8) is 0 Å². The lowest BCUT2D eigenvalue weighted by atomic mass is 9.99. The first-order valence-electron chi connectivity index (χ1n) is 7.71. The van der Waals surface area contributed by atoms with E-state index in [4.69, 9.17) is 4.74 Å². The van der Waals surface area contributed by atoms with Gasteiger partial charge in [0.2, 0.25) is 0 Å². The highest BCUT2D eigenvalue weighted by Crippen LogP contribution is 2.18. The van der Waals surface area contributed by atoms with Gasteiger partial charge < -0.3 is 4.74 Å². The molecule has 1 fully saturated rings. The van der Waals surface area contributed by atoms with Crippen molar-refractivity contribution in [2.24, 2.45) is 5.92 Å². The summed E-state index contributed by atoms with van der Waals surface area (Å²) in [7, 11) is 0. The van der Waals surface area contributed by atoms with Crippen molar-refractivity contribution in [3.8, 4) is 0 Å². The van der Waals surface area contributed by atoms with Gasteiger partial charge in [0, 0.05) is 6.54 Å². The summed E-state index contributed by atoms with van der Waals surface area (Å²) in [5.74, 6) is 0.350. The molecule has 0 aromatic heterocycles. The first-order chi connectivity index (χ1) is 9.83. The quantitative estimate of drug-likeness (QED) is 0.794. The zero-order valence-corrected chi connectivity index (χ0v) is 13.4. The van der Waals surface area contributed by atoms with E-state index >= 15 is 0 Å². The first-order valence-corrected chi connectivity index (χ1v) is 7.71. The Morgan fingerprint density at radius 1 is 1.24 bits per heavy atom. The van der Waals surface area contributed by atoms with Crippen molar-refractivity contribution in [3.05, 3.63) is 42.3 Å². The number of hydrogen-bond donors (Lipinski definition) is 0. The molecular weight excluding hydrogens is 262 g/mol. The molecule has 1 saturated heterocycles. The molecule has 1 aromatic rings. The molecule has 115 valence electrons. The van der Waals surface area contributed by atoms with Crippen LogP contribution in [0, 0.1) is 12.8 Å². The molecule has 3 nitrogen and oxygen atoms in total.